The van der Waals surface area contributed by atoms with Gasteiger partial charge in [-0.1, -0.05) is 17.7 Å². The molecular weight excluding hydrogens is 500 g/mol. The fraction of sp³-hybridized carbons (Fsp3) is 0.0909. The van der Waals surface area contributed by atoms with E-state index in [0.29, 0.717) is 5.52 Å². The minimum Gasteiger partial charge on any atom is -0.480 e. The number of para-hydroxylation sites is 1. The number of carboxylic acid groups (broad SMARTS) is 1. The molecule has 2 aromatic heterocycles. The van der Waals surface area contributed by atoms with Gasteiger partial charge in [-0.15, -0.1) is 0 Å². The van der Waals surface area contributed by atoms with Crippen LogP contribution in [0.15, 0.2) is 70.5 Å². The molecule has 4 aromatic rings. The minimum absolute atomic E-state index is 0.0773. The summed E-state index contributed by atoms with van der Waals surface area (Å²) in [7, 11) is -4.20. The summed E-state index contributed by atoms with van der Waals surface area (Å²) in [6, 6.07) is 9.08. The van der Waals surface area contributed by atoms with Crippen LogP contribution in [0.25, 0.3) is 11.0 Å². The largest absolute Gasteiger partial charge is 0.480 e. The predicted molar refractivity (Wildman–Crippen MR) is 129 cm³/mol. The molecule has 1 unspecified atom stereocenters. The zero-order valence-corrected chi connectivity index (χ0v) is 19.7. The second-order valence-corrected chi connectivity index (χ2v) is 10.0. The Kier molecular flexibility index (Phi) is 6.77. The van der Waals surface area contributed by atoms with Gasteiger partial charge in [0.15, 0.2) is 0 Å². The van der Waals surface area contributed by atoms with E-state index < -0.39 is 27.9 Å². The number of hydrogen-bond donors (Lipinski definition) is 3. The van der Waals surface area contributed by atoms with Crippen molar-refractivity contribution >= 4 is 61.6 Å². The van der Waals surface area contributed by atoms with E-state index in [1.165, 1.54) is 54.1 Å². The van der Waals surface area contributed by atoms with Gasteiger partial charge in [-0.05, 0) is 52.7 Å². The molecule has 0 aliphatic rings. The minimum atomic E-state index is -4.20. The number of carbonyl (C=O) groups excluding carboxylic acids is 1. The molecule has 9 nitrogen and oxygen atoms in total. The number of nitrogens with one attached hydrogen (secondary N) is 2. The number of thiophene rings is 1. The summed E-state index contributed by atoms with van der Waals surface area (Å²) in [6.07, 6.45) is 2.90. The first kappa shape index (κ1) is 23.6. The number of amides is 1. The molecule has 0 aliphatic carbocycles. The average molecular weight is 517 g/mol. The lowest BCUT2D eigenvalue weighted by atomic mass is 10.1. The SMILES string of the molecule is O=C(NC(Cc1ccsc1)C(=O)O)c1ccc(Cl)cc1NS(=O)(=O)c1cccc2nccnc12. The van der Waals surface area contributed by atoms with Gasteiger partial charge in [0.2, 0.25) is 0 Å². The molecule has 3 N–H and O–H groups in total. The molecule has 0 bridgehead atoms. The van der Waals surface area contributed by atoms with Crippen molar-refractivity contribution in [3.8, 4) is 0 Å². The van der Waals surface area contributed by atoms with E-state index in [1.54, 1.807) is 22.9 Å². The van der Waals surface area contributed by atoms with Gasteiger partial charge < -0.3 is 10.4 Å². The quantitative estimate of drug-likeness (QED) is 0.325. The van der Waals surface area contributed by atoms with Gasteiger partial charge in [0.25, 0.3) is 15.9 Å². The van der Waals surface area contributed by atoms with Crippen molar-refractivity contribution in [3.63, 3.8) is 0 Å². The Hall–Kier alpha value is -3.54. The van der Waals surface area contributed by atoms with Crippen LogP contribution in [0.4, 0.5) is 5.69 Å². The molecule has 0 aliphatic heterocycles. The lowest BCUT2D eigenvalue weighted by Crippen LogP contribution is -2.42. The van der Waals surface area contributed by atoms with Crippen LogP contribution in [0.3, 0.4) is 0 Å². The Labute approximate surface area is 203 Å². The highest BCUT2D eigenvalue weighted by Gasteiger charge is 2.25. The number of halogens is 1. The van der Waals surface area contributed by atoms with Gasteiger partial charge >= 0.3 is 5.97 Å². The Morgan fingerprint density at radius 2 is 1.91 bits per heavy atom. The zero-order chi connectivity index (χ0) is 24.3. The number of nitrogens with zero attached hydrogens (tertiary/aromatic N) is 2. The number of carboxylic acids is 1. The number of rotatable bonds is 8. The molecule has 0 radical (unpaired) electrons. The van der Waals surface area contributed by atoms with E-state index in [-0.39, 0.29) is 33.1 Å². The number of benzene rings is 2. The normalized spacial score (nSPS) is 12.3. The first-order valence-electron chi connectivity index (χ1n) is 9.81. The smallest absolute Gasteiger partial charge is 0.326 e. The third kappa shape index (κ3) is 5.16. The summed E-state index contributed by atoms with van der Waals surface area (Å²) >= 11 is 7.47. The third-order valence-corrected chi connectivity index (χ3v) is 7.21. The van der Waals surface area contributed by atoms with E-state index in [1.807, 2.05) is 0 Å². The van der Waals surface area contributed by atoms with Crippen LogP contribution in [0.2, 0.25) is 5.02 Å². The highest BCUT2D eigenvalue weighted by atomic mass is 35.5. The molecule has 12 heteroatoms. The van der Waals surface area contributed by atoms with Crippen LogP contribution < -0.4 is 10.0 Å². The van der Waals surface area contributed by atoms with Crippen molar-refractivity contribution in [1.29, 1.82) is 0 Å². The highest BCUT2D eigenvalue weighted by Crippen LogP contribution is 2.27. The van der Waals surface area contributed by atoms with Crippen LogP contribution in [-0.2, 0) is 21.2 Å². The molecule has 2 aromatic carbocycles. The second-order valence-electron chi connectivity index (χ2n) is 7.18. The standard InChI is InChI=1S/C22H17ClN4O5S2/c23-14-4-5-15(21(28)26-18(22(29)30)10-13-6-9-33-12-13)17(11-14)27-34(31,32)19-3-1-2-16-20(19)25-8-7-24-16/h1-9,11-12,18,27H,10H2,(H,26,28)(H,29,30). The number of carbonyl (C=O) groups is 2. The van der Waals surface area contributed by atoms with E-state index in [4.69, 9.17) is 11.6 Å². The maximum absolute atomic E-state index is 13.2. The summed E-state index contributed by atoms with van der Waals surface area (Å²) in [5.41, 5.74) is 1.10. The molecule has 4 rings (SSSR count). The van der Waals surface area contributed by atoms with Gasteiger partial charge in [0.1, 0.15) is 16.5 Å². The van der Waals surface area contributed by atoms with Crippen LogP contribution in [0.1, 0.15) is 15.9 Å². The Balaban J connectivity index is 1.65. The summed E-state index contributed by atoms with van der Waals surface area (Å²) < 4.78 is 28.8. The first-order chi connectivity index (χ1) is 16.2. The lowest BCUT2D eigenvalue weighted by Gasteiger charge is -2.17. The summed E-state index contributed by atoms with van der Waals surface area (Å²) in [4.78, 5) is 32.8. The number of sulfonamides is 1. The molecular formula is C22H17ClN4O5S2. The van der Waals surface area contributed by atoms with Crippen molar-refractivity contribution in [3.05, 3.63) is 81.8 Å². The maximum Gasteiger partial charge on any atom is 0.326 e. The molecule has 0 spiro atoms. The van der Waals surface area contributed by atoms with Gasteiger partial charge in [-0.3, -0.25) is 19.5 Å². The van der Waals surface area contributed by atoms with E-state index >= 15 is 0 Å². The summed E-state index contributed by atoms with van der Waals surface area (Å²) in [5, 5.41) is 15.8. The van der Waals surface area contributed by atoms with E-state index in [9.17, 15) is 23.1 Å². The predicted octanol–water partition coefficient (Wildman–Crippen LogP) is 3.57. The first-order valence-corrected chi connectivity index (χ1v) is 12.6. The van der Waals surface area contributed by atoms with E-state index in [2.05, 4.69) is 20.0 Å². The maximum atomic E-state index is 13.2. The molecule has 34 heavy (non-hydrogen) atoms. The third-order valence-electron chi connectivity index (χ3n) is 4.85. The molecule has 0 saturated carbocycles. The monoisotopic (exact) mass is 516 g/mol. The van der Waals surface area contributed by atoms with Gasteiger partial charge in [0, 0.05) is 23.8 Å². The summed E-state index contributed by atoms with van der Waals surface area (Å²) in [5.74, 6) is -1.99. The van der Waals surface area contributed by atoms with Crippen LogP contribution >= 0.6 is 22.9 Å². The molecule has 0 saturated heterocycles. The van der Waals surface area contributed by atoms with Gasteiger partial charge in [-0.2, -0.15) is 11.3 Å². The molecule has 2 heterocycles. The van der Waals surface area contributed by atoms with Crippen molar-refractivity contribution in [2.45, 2.75) is 17.4 Å². The Bertz CT molecular complexity index is 1470. The van der Waals surface area contributed by atoms with Crippen LogP contribution in [0.5, 0.6) is 0 Å². The van der Waals surface area contributed by atoms with Crippen molar-refractivity contribution < 1.29 is 23.1 Å². The number of aromatic nitrogens is 2. The van der Waals surface area contributed by atoms with Gasteiger partial charge in [0.05, 0.1) is 16.8 Å². The molecule has 174 valence electrons. The second kappa shape index (κ2) is 9.75. The topological polar surface area (TPSA) is 138 Å². The number of hydrogen-bond acceptors (Lipinski definition) is 7. The molecule has 1 amide bonds. The van der Waals surface area contributed by atoms with Crippen molar-refractivity contribution in [2.75, 3.05) is 4.72 Å². The summed E-state index contributed by atoms with van der Waals surface area (Å²) in [6.45, 7) is 0. The molecule has 1 atom stereocenters. The van der Waals surface area contributed by atoms with Crippen LogP contribution in [-0.4, -0.2) is 41.4 Å². The van der Waals surface area contributed by atoms with Crippen molar-refractivity contribution in [1.82, 2.24) is 15.3 Å². The Morgan fingerprint density at radius 3 is 2.65 bits per heavy atom. The average Bonchev–Trinajstić information content (AvgIpc) is 3.31. The Morgan fingerprint density at radius 1 is 1.12 bits per heavy atom. The lowest BCUT2D eigenvalue weighted by molar-refractivity contribution is -0.139. The van der Waals surface area contributed by atoms with Crippen LogP contribution in [0, 0.1) is 0 Å². The fourth-order valence-corrected chi connectivity index (χ4v) is 5.35. The number of fused-ring (bicyclic) bond motifs is 1. The fourth-order valence-electron chi connectivity index (χ4n) is 3.26. The van der Waals surface area contributed by atoms with Crippen molar-refractivity contribution in [2.24, 2.45) is 0 Å². The number of anilines is 1. The highest BCUT2D eigenvalue weighted by molar-refractivity contribution is 7.93. The zero-order valence-electron chi connectivity index (χ0n) is 17.3. The molecule has 0 fully saturated rings. The van der Waals surface area contributed by atoms with E-state index in [0.717, 1.165) is 5.56 Å². The number of aliphatic carboxylic acids is 1. The van der Waals surface area contributed by atoms with Gasteiger partial charge in [-0.25, -0.2) is 13.2 Å².